The van der Waals surface area contributed by atoms with Crippen molar-refractivity contribution in [2.24, 2.45) is 5.92 Å². The Morgan fingerprint density at radius 3 is 2.53 bits per heavy atom. The van der Waals surface area contributed by atoms with Gasteiger partial charge < -0.3 is 24.3 Å². The topological polar surface area (TPSA) is 113 Å². The maximum atomic E-state index is 12.7. The third-order valence-corrected chi connectivity index (χ3v) is 5.46. The lowest BCUT2D eigenvalue weighted by molar-refractivity contribution is 0.0601. The van der Waals surface area contributed by atoms with E-state index in [1.165, 1.54) is 0 Å². The number of rotatable bonds is 8. The number of methoxy groups -OCH3 is 3. The summed E-state index contributed by atoms with van der Waals surface area (Å²) in [6.45, 7) is 2.40. The van der Waals surface area contributed by atoms with Crippen LogP contribution in [0.15, 0.2) is 30.6 Å². The predicted molar refractivity (Wildman–Crippen MR) is 117 cm³/mol. The molecule has 0 radical (unpaired) electrons. The molecule has 2 aromatic heterocycles. The van der Waals surface area contributed by atoms with Crippen molar-refractivity contribution in [2.45, 2.75) is 19.4 Å². The Morgan fingerprint density at radius 1 is 1.16 bits per heavy atom. The molecule has 3 aromatic rings. The van der Waals surface area contributed by atoms with Crippen LogP contribution in [0.1, 0.15) is 23.3 Å². The first kappa shape index (κ1) is 21.7. The first-order valence-corrected chi connectivity index (χ1v) is 10.4. The second-order valence-electron chi connectivity index (χ2n) is 7.54. The molecule has 10 nitrogen and oxygen atoms in total. The van der Waals surface area contributed by atoms with Gasteiger partial charge in [-0.05, 0) is 37.0 Å². The Labute approximate surface area is 185 Å². The van der Waals surface area contributed by atoms with Gasteiger partial charge in [0.25, 0.3) is 5.91 Å². The second-order valence-corrected chi connectivity index (χ2v) is 7.54. The number of carbonyl (C=O) groups is 1. The van der Waals surface area contributed by atoms with Gasteiger partial charge in [0.2, 0.25) is 5.75 Å². The Kier molecular flexibility index (Phi) is 6.60. The summed E-state index contributed by atoms with van der Waals surface area (Å²) in [5, 5.41) is 14.3. The molecule has 0 unspecified atom stereocenters. The Bertz CT molecular complexity index is 1050. The molecule has 1 saturated heterocycles. The van der Waals surface area contributed by atoms with Gasteiger partial charge in [0, 0.05) is 31.5 Å². The normalized spacial score (nSPS) is 14.2. The quantitative estimate of drug-likeness (QED) is 0.553. The molecule has 170 valence electrons. The number of aromatic nitrogens is 4. The Morgan fingerprint density at radius 2 is 1.88 bits per heavy atom. The van der Waals surface area contributed by atoms with Gasteiger partial charge in [-0.2, -0.15) is 10.2 Å². The molecule has 1 amide bonds. The third-order valence-electron chi connectivity index (χ3n) is 5.46. The number of ether oxygens (including phenoxy) is 4. The number of nitrogens with zero attached hydrogens (tertiary/aromatic N) is 3. The van der Waals surface area contributed by atoms with E-state index in [1.807, 2.05) is 10.9 Å². The van der Waals surface area contributed by atoms with E-state index >= 15 is 0 Å². The predicted octanol–water partition coefficient (Wildman–Crippen LogP) is 2.98. The van der Waals surface area contributed by atoms with E-state index in [4.69, 9.17) is 18.9 Å². The van der Waals surface area contributed by atoms with E-state index in [-0.39, 0.29) is 5.91 Å². The zero-order valence-electron chi connectivity index (χ0n) is 18.4. The highest BCUT2D eigenvalue weighted by atomic mass is 16.5. The highest BCUT2D eigenvalue weighted by Crippen LogP contribution is 2.40. The summed E-state index contributed by atoms with van der Waals surface area (Å²) in [7, 11) is 4.64. The molecule has 4 rings (SSSR count). The molecular weight excluding hydrogens is 414 g/mol. The number of H-pyrrole nitrogens is 1. The van der Waals surface area contributed by atoms with Crippen LogP contribution < -0.4 is 19.5 Å². The SMILES string of the molecule is COc1cc(-c2cc(C(=O)Nc3cnn(CC4CCOCC4)c3)[nH]n2)cc(OC)c1OC. The van der Waals surface area contributed by atoms with E-state index < -0.39 is 0 Å². The summed E-state index contributed by atoms with van der Waals surface area (Å²) in [5.41, 5.74) is 2.25. The first-order valence-electron chi connectivity index (χ1n) is 10.4. The molecule has 32 heavy (non-hydrogen) atoms. The molecule has 0 atom stereocenters. The first-order chi connectivity index (χ1) is 15.6. The highest BCUT2D eigenvalue weighted by molar-refractivity contribution is 6.03. The number of hydrogen-bond acceptors (Lipinski definition) is 7. The van der Waals surface area contributed by atoms with Gasteiger partial charge >= 0.3 is 0 Å². The van der Waals surface area contributed by atoms with Crippen molar-refractivity contribution >= 4 is 11.6 Å². The maximum Gasteiger partial charge on any atom is 0.273 e. The van der Waals surface area contributed by atoms with Crippen LogP contribution in [0.4, 0.5) is 5.69 Å². The number of benzene rings is 1. The van der Waals surface area contributed by atoms with Gasteiger partial charge in [0.15, 0.2) is 11.5 Å². The summed E-state index contributed by atoms with van der Waals surface area (Å²) < 4.78 is 23.4. The van der Waals surface area contributed by atoms with E-state index in [0.717, 1.165) is 38.2 Å². The van der Waals surface area contributed by atoms with Gasteiger partial charge in [-0.15, -0.1) is 0 Å². The van der Waals surface area contributed by atoms with Gasteiger partial charge in [0.1, 0.15) is 5.69 Å². The highest BCUT2D eigenvalue weighted by Gasteiger charge is 2.18. The minimum Gasteiger partial charge on any atom is -0.493 e. The van der Waals surface area contributed by atoms with Crippen molar-refractivity contribution < 1.29 is 23.7 Å². The fourth-order valence-corrected chi connectivity index (χ4v) is 3.73. The van der Waals surface area contributed by atoms with Crippen LogP contribution in [0.3, 0.4) is 0 Å². The van der Waals surface area contributed by atoms with E-state index in [1.54, 1.807) is 45.7 Å². The molecule has 10 heteroatoms. The van der Waals surface area contributed by atoms with Crippen molar-refractivity contribution in [3.05, 3.63) is 36.3 Å². The number of anilines is 1. The van der Waals surface area contributed by atoms with E-state index in [0.29, 0.717) is 40.2 Å². The van der Waals surface area contributed by atoms with Gasteiger partial charge in [0.05, 0.1) is 38.9 Å². The molecule has 2 N–H and O–H groups in total. The number of amides is 1. The number of aromatic amines is 1. The number of hydrogen-bond donors (Lipinski definition) is 2. The molecule has 1 aromatic carbocycles. The van der Waals surface area contributed by atoms with Gasteiger partial charge in [-0.25, -0.2) is 0 Å². The monoisotopic (exact) mass is 441 g/mol. The van der Waals surface area contributed by atoms with Crippen LogP contribution in [0.2, 0.25) is 0 Å². The summed E-state index contributed by atoms with van der Waals surface area (Å²) in [4.78, 5) is 12.7. The van der Waals surface area contributed by atoms with Crippen molar-refractivity contribution in [1.82, 2.24) is 20.0 Å². The lowest BCUT2D eigenvalue weighted by Crippen LogP contribution is -2.20. The molecule has 1 fully saturated rings. The van der Waals surface area contributed by atoms with Crippen molar-refractivity contribution in [3.8, 4) is 28.5 Å². The number of nitrogens with one attached hydrogen (secondary N) is 2. The number of carbonyl (C=O) groups excluding carboxylic acids is 1. The van der Waals surface area contributed by atoms with Crippen LogP contribution in [-0.2, 0) is 11.3 Å². The zero-order chi connectivity index (χ0) is 22.5. The molecule has 3 heterocycles. The third kappa shape index (κ3) is 4.70. The van der Waals surface area contributed by atoms with Crippen LogP contribution in [0.25, 0.3) is 11.3 Å². The molecule has 0 spiro atoms. The molecule has 1 aliphatic heterocycles. The van der Waals surface area contributed by atoms with Crippen molar-refractivity contribution in [2.75, 3.05) is 39.9 Å². The molecule has 0 bridgehead atoms. The summed E-state index contributed by atoms with van der Waals surface area (Å²) in [5.74, 6) is 1.74. The zero-order valence-corrected chi connectivity index (χ0v) is 18.4. The molecule has 0 aliphatic carbocycles. The fourth-order valence-electron chi connectivity index (χ4n) is 3.73. The van der Waals surface area contributed by atoms with Crippen LogP contribution in [-0.4, -0.2) is 60.4 Å². The van der Waals surface area contributed by atoms with Crippen molar-refractivity contribution in [3.63, 3.8) is 0 Å². The minimum absolute atomic E-state index is 0.304. The van der Waals surface area contributed by atoms with Crippen LogP contribution in [0.5, 0.6) is 17.2 Å². The van der Waals surface area contributed by atoms with E-state index in [2.05, 4.69) is 20.6 Å². The average molecular weight is 441 g/mol. The molecule has 1 aliphatic rings. The summed E-state index contributed by atoms with van der Waals surface area (Å²) in [6.07, 6.45) is 5.54. The van der Waals surface area contributed by atoms with Gasteiger partial charge in [-0.1, -0.05) is 0 Å². The van der Waals surface area contributed by atoms with Crippen LogP contribution in [0, 0.1) is 5.92 Å². The Hall–Kier alpha value is -3.53. The maximum absolute atomic E-state index is 12.7. The lowest BCUT2D eigenvalue weighted by Gasteiger charge is -2.21. The molecule has 0 saturated carbocycles. The summed E-state index contributed by atoms with van der Waals surface area (Å²) in [6, 6.07) is 5.22. The second kappa shape index (κ2) is 9.73. The van der Waals surface area contributed by atoms with E-state index in [9.17, 15) is 4.79 Å². The average Bonchev–Trinajstić information content (AvgIpc) is 3.48. The van der Waals surface area contributed by atoms with Crippen molar-refractivity contribution in [1.29, 1.82) is 0 Å². The van der Waals surface area contributed by atoms with Crippen LogP contribution >= 0.6 is 0 Å². The smallest absolute Gasteiger partial charge is 0.273 e. The fraction of sp³-hybridized carbons (Fsp3) is 0.409. The Balaban J connectivity index is 1.45. The lowest BCUT2D eigenvalue weighted by atomic mass is 10.0. The molecular formula is C22H27N5O5. The minimum atomic E-state index is -0.304. The standard InChI is InChI=1S/C22H27N5O5/c1-29-19-8-15(9-20(30-2)21(19)31-3)17-10-18(26-25-17)22(28)24-16-11-23-27(13-16)12-14-4-6-32-7-5-14/h8-11,13-14H,4-7,12H2,1-3H3,(H,24,28)(H,25,26). The summed E-state index contributed by atoms with van der Waals surface area (Å²) >= 11 is 0. The van der Waals surface area contributed by atoms with Gasteiger partial charge in [-0.3, -0.25) is 14.6 Å². The largest absolute Gasteiger partial charge is 0.493 e.